The normalized spacial score (nSPS) is 17.8. The van der Waals surface area contributed by atoms with Crippen molar-refractivity contribution in [3.63, 3.8) is 0 Å². The van der Waals surface area contributed by atoms with Crippen molar-refractivity contribution in [3.05, 3.63) is 77.2 Å². The van der Waals surface area contributed by atoms with Gasteiger partial charge in [0.1, 0.15) is 5.39 Å². The fourth-order valence-corrected chi connectivity index (χ4v) is 6.26. The Morgan fingerprint density at radius 2 is 1.73 bits per heavy atom. The zero-order chi connectivity index (χ0) is 30.5. The second kappa shape index (κ2) is 11.0. The molecule has 2 aromatic carbocycles. The Balaban J connectivity index is 1.16. The third-order valence-corrected chi connectivity index (χ3v) is 8.77. The summed E-state index contributed by atoms with van der Waals surface area (Å²) in [5.74, 6) is 1.68. The first-order chi connectivity index (χ1) is 22.0. The number of anilines is 4. The molecule has 1 fully saturated rings. The molecular formula is C33H33N9O3. The largest absolute Gasteiger partial charge is 0.480 e. The molecule has 0 aliphatic carbocycles. The lowest BCUT2D eigenvalue weighted by molar-refractivity contribution is -0.121. The summed E-state index contributed by atoms with van der Waals surface area (Å²) in [7, 11) is 2.16. The van der Waals surface area contributed by atoms with Gasteiger partial charge in [0, 0.05) is 50.3 Å². The second-order valence-electron chi connectivity index (χ2n) is 11.7. The summed E-state index contributed by atoms with van der Waals surface area (Å²) in [6.07, 6.45) is 7.11. The van der Waals surface area contributed by atoms with E-state index in [9.17, 15) is 9.59 Å². The van der Waals surface area contributed by atoms with Crippen molar-refractivity contribution in [2.75, 3.05) is 61.5 Å². The lowest BCUT2D eigenvalue weighted by Gasteiger charge is -2.34. The van der Waals surface area contributed by atoms with Gasteiger partial charge in [-0.2, -0.15) is 4.98 Å². The summed E-state index contributed by atoms with van der Waals surface area (Å²) in [6, 6.07) is 16.4. The predicted molar refractivity (Wildman–Crippen MR) is 174 cm³/mol. The van der Waals surface area contributed by atoms with Crippen LogP contribution in [0.4, 0.5) is 23.1 Å². The SMILES string of the molecule is CN1CCN(c2ccc3cc(Nc4ncc5c(=O)n6n(c5n4)-c4ccc5c(n4)N(CCC/C=C\C6)C(=O)CO5)ccc3c2)CC1. The fraction of sp³-hybridized carbons (Fsp3) is 0.303. The van der Waals surface area contributed by atoms with E-state index in [1.54, 1.807) is 32.6 Å². The number of pyridine rings is 1. The van der Waals surface area contributed by atoms with Crippen molar-refractivity contribution in [1.29, 1.82) is 0 Å². The molecule has 1 amide bonds. The van der Waals surface area contributed by atoms with E-state index in [-0.39, 0.29) is 18.1 Å². The Morgan fingerprint density at radius 3 is 2.62 bits per heavy atom. The third-order valence-electron chi connectivity index (χ3n) is 8.77. The van der Waals surface area contributed by atoms with Gasteiger partial charge in [-0.25, -0.2) is 19.3 Å². The van der Waals surface area contributed by atoms with Crippen molar-refractivity contribution >= 4 is 50.9 Å². The van der Waals surface area contributed by atoms with E-state index < -0.39 is 0 Å². The van der Waals surface area contributed by atoms with Crippen LogP contribution >= 0.6 is 0 Å². The number of allylic oxidation sites excluding steroid dienone is 2. The van der Waals surface area contributed by atoms with Crippen LogP contribution in [0.2, 0.25) is 0 Å². The summed E-state index contributed by atoms with van der Waals surface area (Å²) in [5, 5.41) is 5.98. The predicted octanol–water partition coefficient (Wildman–Crippen LogP) is 3.70. The van der Waals surface area contributed by atoms with Gasteiger partial charge in [-0.3, -0.25) is 14.5 Å². The van der Waals surface area contributed by atoms with Crippen LogP contribution in [0.25, 0.3) is 27.6 Å². The summed E-state index contributed by atoms with van der Waals surface area (Å²) in [5.41, 5.74) is 2.28. The number of hydrogen-bond acceptors (Lipinski definition) is 9. The van der Waals surface area contributed by atoms with Gasteiger partial charge in [0.05, 0.1) is 6.54 Å². The topological polar surface area (TPSA) is 114 Å². The zero-order valence-corrected chi connectivity index (χ0v) is 25.0. The molecule has 3 aliphatic heterocycles. The Morgan fingerprint density at radius 1 is 0.889 bits per heavy atom. The summed E-state index contributed by atoms with van der Waals surface area (Å²) >= 11 is 0. The van der Waals surface area contributed by atoms with E-state index >= 15 is 0 Å². The first-order valence-corrected chi connectivity index (χ1v) is 15.3. The maximum absolute atomic E-state index is 13.6. The highest BCUT2D eigenvalue weighted by Crippen LogP contribution is 2.32. The Hall–Kier alpha value is -5.23. The van der Waals surface area contributed by atoms with Crippen molar-refractivity contribution in [2.45, 2.75) is 19.4 Å². The van der Waals surface area contributed by atoms with E-state index in [4.69, 9.17) is 14.7 Å². The number of benzene rings is 2. The number of nitrogens with zero attached hydrogens (tertiary/aromatic N) is 8. The average molecular weight is 604 g/mol. The van der Waals surface area contributed by atoms with E-state index in [1.165, 1.54) is 5.69 Å². The number of likely N-dealkylation sites (N-methyl/N-ethyl adjacent to an activating group) is 1. The summed E-state index contributed by atoms with van der Waals surface area (Å²) in [4.78, 5) is 46.9. The Bertz CT molecular complexity index is 2040. The second-order valence-corrected chi connectivity index (χ2v) is 11.7. The van der Waals surface area contributed by atoms with Crippen LogP contribution in [0.1, 0.15) is 12.8 Å². The zero-order valence-electron chi connectivity index (χ0n) is 25.0. The van der Waals surface area contributed by atoms with Gasteiger partial charge >= 0.3 is 0 Å². The van der Waals surface area contributed by atoms with Gasteiger partial charge < -0.3 is 19.9 Å². The van der Waals surface area contributed by atoms with E-state index in [2.05, 4.69) is 57.5 Å². The molecule has 3 aromatic heterocycles. The molecule has 0 unspecified atom stereocenters. The number of rotatable bonds is 3. The lowest BCUT2D eigenvalue weighted by Crippen LogP contribution is -2.44. The van der Waals surface area contributed by atoms with Crippen LogP contribution in [0.15, 0.2) is 71.7 Å². The number of carbonyl (C=O) groups excluding carboxylic acids is 1. The average Bonchev–Trinajstić information content (AvgIpc) is 3.33. The quantitative estimate of drug-likeness (QED) is 0.309. The molecule has 3 aliphatic rings. The molecule has 0 saturated carbocycles. The van der Waals surface area contributed by atoms with E-state index in [1.807, 2.05) is 18.2 Å². The van der Waals surface area contributed by atoms with Crippen molar-refractivity contribution < 1.29 is 9.53 Å². The number of piperazine rings is 1. The number of fused-ring (bicyclic) bond motifs is 6. The van der Waals surface area contributed by atoms with Crippen LogP contribution in [0, 0.1) is 0 Å². The lowest BCUT2D eigenvalue weighted by atomic mass is 10.1. The molecule has 12 nitrogen and oxygen atoms in total. The molecule has 8 rings (SSSR count). The number of carbonyl (C=O) groups is 1. The number of hydrogen-bond donors (Lipinski definition) is 1. The number of aromatic nitrogens is 5. The number of nitrogens with one attached hydrogen (secondary N) is 1. The molecule has 1 saturated heterocycles. The molecule has 6 heterocycles. The van der Waals surface area contributed by atoms with Gasteiger partial charge in [-0.1, -0.05) is 24.3 Å². The van der Waals surface area contributed by atoms with E-state index in [0.29, 0.717) is 47.5 Å². The molecule has 0 atom stereocenters. The molecule has 2 bridgehead atoms. The van der Waals surface area contributed by atoms with Crippen molar-refractivity contribution in [3.8, 4) is 11.6 Å². The minimum absolute atomic E-state index is 0.0184. The third kappa shape index (κ3) is 4.96. The fourth-order valence-electron chi connectivity index (χ4n) is 6.26. The van der Waals surface area contributed by atoms with Gasteiger partial charge in [0.2, 0.25) is 5.95 Å². The molecule has 228 valence electrons. The van der Waals surface area contributed by atoms with Gasteiger partial charge in [-0.15, -0.1) is 0 Å². The molecule has 0 spiro atoms. The minimum Gasteiger partial charge on any atom is -0.480 e. The van der Waals surface area contributed by atoms with E-state index in [0.717, 1.165) is 55.5 Å². The maximum atomic E-state index is 13.6. The molecule has 1 N–H and O–H groups in total. The summed E-state index contributed by atoms with van der Waals surface area (Å²) < 4.78 is 8.97. The number of ether oxygens (including phenoxy) is 1. The highest BCUT2D eigenvalue weighted by atomic mass is 16.5. The van der Waals surface area contributed by atoms with Crippen LogP contribution in [0.5, 0.6) is 5.75 Å². The molecule has 45 heavy (non-hydrogen) atoms. The molecule has 12 heteroatoms. The summed E-state index contributed by atoms with van der Waals surface area (Å²) in [6.45, 7) is 5.04. The number of amides is 1. The highest BCUT2D eigenvalue weighted by Gasteiger charge is 2.28. The Kier molecular flexibility index (Phi) is 6.71. The van der Waals surface area contributed by atoms with Gasteiger partial charge in [-0.05, 0) is 67.1 Å². The van der Waals surface area contributed by atoms with Crippen molar-refractivity contribution in [2.24, 2.45) is 0 Å². The standard InChI is InChI=1S/C33H33N9O3/c1-38-14-16-39(17-15-38)25-9-7-22-18-24(8-6-23(22)19-25)35-33-34-20-26-30(37-33)42-28-11-10-27-31(36-28)40(29(43)21-45-27)12-4-2-3-5-13-41(42)32(26)44/h3,5-11,18-20H,2,4,12-17,21H2,1H3,(H,34,35,37)/b5-3-. The molecule has 5 aromatic rings. The highest BCUT2D eigenvalue weighted by molar-refractivity contribution is 5.97. The Labute approximate surface area is 259 Å². The van der Waals surface area contributed by atoms with Crippen molar-refractivity contribution in [1.82, 2.24) is 29.2 Å². The first kappa shape index (κ1) is 27.3. The van der Waals surface area contributed by atoms with Crippen LogP contribution < -0.4 is 25.4 Å². The minimum atomic E-state index is -0.219. The van der Waals surface area contributed by atoms with Gasteiger partial charge in [0.25, 0.3) is 11.5 Å². The monoisotopic (exact) mass is 603 g/mol. The van der Waals surface area contributed by atoms with Crippen LogP contribution in [-0.2, 0) is 11.3 Å². The molecule has 0 radical (unpaired) electrons. The van der Waals surface area contributed by atoms with Gasteiger partial charge in [0.15, 0.2) is 29.6 Å². The van der Waals surface area contributed by atoms with Crippen LogP contribution in [-0.4, -0.2) is 81.5 Å². The maximum Gasteiger partial charge on any atom is 0.278 e. The first-order valence-electron chi connectivity index (χ1n) is 15.3. The van der Waals surface area contributed by atoms with Crippen LogP contribution in [0.3, 0.4) is 0 Å². The smallest absolute Gasteiger partial charge is 0.278 e. The molecular weight excluding hydrogens is 570 g/mol.